The molecule has 0 aliphatic rings. The summed E-state index contributed by atoms with van der Waals surface area (Å²) in [6.45, 7) is 2.66. The van der Waals surface area contributed by atoms with Crippen molar-refractivity contribution in [3.05, 3.63) is 26.6 Å². The molecule has 0 spiro atoms. The first-order chi connectivity index (χ1) is 7.15. The molecule has 0 unspecified atom stereocenters. The molecular formula is C9H11BrN4S. The highest BCUT2D eigenvalue weighted by Gasteiger charge is 2.03. The Kier molecular flexibility index (Phi) is 3.06. The Labute approximate surface area is 100 Å². The van der Waals surface area contributed by atoms with Gasteiger partial charge >= 0.3 is 0 Å². The van der Waals surface area contributed by atoms with Crippen molar-refractivity contribution in [3.63, 3.8) is 0 Å². The third-order valence-electron chi connectivity index (χ3n) is 1.92. The molecule has 0 aliphatic carbocycles. The van der Waals surface area contributed by atoms with E-state index in [-0.39, 0.29) is 0 Å². The van der Waals surface area contributed by atoms with Gasteiger partial charge in [0.1, 0.15) is 5.82 Å². The SMILES string of the molecule is Cc1nc(NCc2ccc(Br)s2)n(C)n1. The van der Waals surface area contributed by atoms with E-state index in [9.17, 15) is 0 Å². The van der Waals surface area contributed by atoms with E-state index in [2.05, 4.69) is 37.4 Å². The minimum absolute atomic E-state index is 0.780. The van der Waals surface area contributed by atoms with Gasteiger partial charge in [-0.1, -0.05) is 0 Å². The van der Waals surface area contributed by atoms with Crippen LogP contribution in [-0.2, 0) is 13.6 Å². The number of halogens is 1. The second-order valence-corrected chi connectivity index (χ2v) is 5.71. The minimum Gasteiger partial charge on any atom is -0.350 e. The van der Waals surface area contributed by atoms with Crippen molar-refractivity contribution in [2.75, 3.05) is 5.32 Å². The number of rotatable bonds is 3. The topological polar surface area (TPSA) is 42.7 Å². The monoisotopic (exact) mass is 286 g/mol. The molecule has 0 amide bonds. The average Bonchev–Trinajstić information content (AvgIpc) is 2.70. The van der Waals surface area contributed by atoms with E-state index in [0.29, 0.717) is 0 Å². The summed E-state index contributed by atoms with van der Waals surface area (Å²) < 4.78 is 2.89. The van der Waals surface area contributed by atoms with Crippen molar-refractivity contribution in [2.45, 2.75) is 13.5 Å². The van der Waals surface area contributed by atoms with Crippen molar-refractivity contribution in [1.82, 2.24) is 14.8 Å². The Morgan fingerprint density at radius 2 is 2.33 bits per heavy atom. The Hall–Kier alpha value is -0.880. The van der Waals surface area contributed by atoms with Gasteiger partial charge in [-0.05, 0) is 35.0 Å². The third kappa shape index (κ3) is 2.57. The largest absolute Gasteiger partial charge is 0.350 e. The van der Waals surface area contributed by atoms with Crippen LogP contribution in [0.25, 0.3) is 0 Å². The van der Waals surface area contributed by atoms with Crippen LogP contribution < -0.4 is 5.32 Å². The van der Waals surface area contributed by atoms with Crippen molar-refractivity contribution < 1.29 is 0 Å². The molecule has 0 fully saturated rings. The Morgan fingerprint density at radius 1 is 1.53 bits per heavy atom. The number of hydrogen-bond acceptors (Lipinski definition) is 4. The number of thiophene rings is 1. The van der Waals surface area contributed by atoms with Gasteiger partial charge in [-0.2, -0.15) is 10.1 Å². The molecule has 80 valence electrons. The number of nitrogens with zero attached hydrogens (tertiary/aromatic N) is 3. The number of hydrogen-bond donors (Lipinski definition) is 1. The summed E-state index contributed by atoms with van der Waals surface area (Å²) in [5.74, 6) is 1.59. The second kappa shape index (κ2) is 4.32. The number of nitrogens with one attached hydrogen (secondary N) is 1. The predicted molar refractivity (Wildman–Crippen MR) is 65.1 cm³/mol. The van der Waals surface area contributed by atoms with Gasteiger partial charge in [0.25, 0.3) is 0 Å². The van der Waals surface area contributed by atoms with Gasteiger partial charge in [0.15, 0.2) is 0 Å². The maximum atomic E-state index is 4.27. The van der Waals surface area contributed by atoms with Gasteiger partial charge < -0.3 is 5.32 Å². The molecule has 0 bridgehead atoms. The molecule has 15 heavy (non-hydrogen) atoms. The molecular weight excluding hydrogens is 276 g/mol. The fraction of sp³-hybridized carbons (Fsp3) is 0.333. The molecule has 6 heteroatoms. The maximum Gasteiger partial charge on any atom is 0.221 e. The fourth-order valence-corrected chi connectivity index (χ4v) is 2.70. The predicted octanol–water partition coefficient (Wildman–Crippen LogP) is 2.56. The van der Waals surface area contributed by atoms with Gasteiger partial charge in [0, 0.05) is 11.9 Å². The molecule has 1 N–H and O–H groups in total. The van der Waals surface area contributed by atoms with E-state index in [4.69, 9.17) is 0 Å². The zero-order chi connectivity index (χ0) is 10.8. The first-order valence-corrected chi connectivity index (χ1v) is 6.12. The van der Waals surface area contributed by atoms with Crippen LogP contribution in [0.2, 0.25) is 0 Å². The zero-order valence-corrected chi connectivity index (χ0v) is 10.9. The second-order valence-electron chi connectivity index (χ2n) is 3.17. The van der Waals surface area contributed by atoms with E-state index in [1.54, 1.807) is 16.0 Å². The smallest absolute Gasteiger partial charge is 0.221 e. The molecule has 0 atom stereocenters. The van der Waals surface area contributed by atoms with E-state index in [1.165, 1.54) is 4.88 Å². The summed E-state index contributed by atoms with van der Waals surface area (Å²) in [6.07, 6.45) is 0. The lowest BCUT2D eigenvalue weighted by Gasteiger charge is -2.01. The summed E-state index contributed by atoms with van der Waals surface area (Å²) >= 11 is 5.15. The van der Waals surface area contributed by atoms with Crippen molar-refractivity contribution in [3.8, 4) is 0 Å². The first kappa shape index (κ1) is 10.6. The molecule has 0 aromatic carbocycles. The quantitative estimate of drug-likeness (QED) is 0.943. The Morgan fingerprint density at radius 3 is 2.87 bits per heavy atom. The van der Waals surface area contributed by atoms with Crippen LogP contribution in [0.5, 0.6) is 0 Å². The van der Waals surface area contributed by atoms with Gasteiger partial charge in [0.2, 0.25) is 5.95 Å². The van der Waals surface area contributed by atoms with Crippen LogP contribution in [0.1, 0.15) is 10.7 Å². The molecule has 0 aliphatic heterocycles. The van der Waals surface area contributed by atoms with Crippen LogP contribution >= 0.6 is 27.3 Å². The van der Waals surface area contributed by atoms with Crippen molar-refractivity contribution >= 4 is 33.2 Å². The highest BCUT2D eigenvalue weighted by atomic mass is 79.9. The standard InChI is InChI=1S/C9H11BrN4S/c1-6-12-9(14(2)13-6)11-5-7-3-4-8(10)15-7/h3-4H,5H2,1-2H3,(H,11,12,13). The third-order valence-corrected chi connectivity index (χ3v) is 3.54. The molecule has 2 rings (SSSR count). The van der Waals surface area contributed by atoms with E-state index >= 15 is 0 Å². The zero-order valence-electron chi connectivity index (χ0n) is 8.49. The Balaban J connectivity index is 2.01. The van der Waals surface area contributed by atoms with Crippen LogP contribution in [0.15, 0.2) is 15.9 Å². The van der Waals surface area contributed by atoms with Gasteiger partial charge in [0.05, 0.1) is 10.3 Å². The lowest BCUT2D eigenvalue weighted by Crippen LogP contribution is -2.04. The summed E-state index contributed by atoms with van der Waals surface area (Å²) in [5, 5.41) is 7.41. The minimum atomic E-state index is 0.780. The van der Waals surface area contributed by atoms with Crippen LogP contribution in [0.3, 0.4) is 0 Å². The summed E-state index contributed by atoms with van der Waals surface area (Å²) in [5.41, 5.74) is 0. The number of aromatic nitrogens is 3. The maximum absolute atomic E-state index is 4.27. The molecule has 0 radical (unpaired) electrons. The average molecular weight is 287 g/mol. The Bertz CT molecular complexity index is 462. The van der Waals surface area contributed by atoms with E-state index < -0.39 is 0 Å². The van der Waals surface area contributed by atoms with Gasteiger partial charge in [-0.3, -0.25) is 0 Å². The normalized spacial score (nSPS) is 10.6. The molecule has 0 saturated heterocycles. The highest BCUT2D eigenvalue weighted by Crippen LogP contribution is 2.22. The molecule has 2 heterocycles. The highest BCUT2D eigenvalue weighted by molar-refractivity contribution is 9.11. The summed E-state index contributed by atoms with van der Waals surface area (Å²) in [6, 6.07) is 4.13. The lowest BCUT2D eigenvalue weighted by molar-refractivity contribution is 0.758. The summed E-state index contributed by atoms with van der Waals surface area (Å²) in [4.78, 5) is 5.53. The van der Waals surface area contributed by atoms with E-state index in [1.807, 2.05) is 20.0 Å². The first-order valence-electron chi connectivity index (χ1n) is 4.51. The molecule has 4 nitrogen and oxygen atoms in total. The number of aryl methyl sites for hydroxylation is 2. The molecule has 2 aromatic rings. The molecule has 0 saturated carbocycles. The van der Waals surface area contributed by atoms with Gasteiger partial charge in [-0.15, -0.1) is 11.3 Å². The van der Waals surface area contributed by atoms with Crippen LogP contribution in [-0.4, -0.2) is 14.8 Å². The van der Waals surface area contributed by atoms with E-state index in [0.717, 1.165) is 22.1 Å². The van der Waals surface area contributed by atoms with Crippen LogP contribution in [0.4, 0.5) is 5.95 Å². The lowest BCUT2D eigenvalue weighted by atomic mass is 10.5. The number of anilines is 1. The van der Waals surface area contributed by atoms with Gasteiger partial charge in [-0.25, -0.2) is 4.68 Å². The van der Waals surface area contributed by atoms with Crippen molar-refractivity contribution in [2.24, 2.45) is 7.05 Å². The molecule has 2 aromatic heterocycles. The summed E-state index contributed by atoms with van der Waals surface area (Å²) in [7, 11) is 1.88. The van der Waals surface area contributed by atoms with Crippen LogP contribution in [0, 0.1) is 6.92 Å². The fourth-order valence-electron chi connectivity index (χ4n) is 1.28. The van der Waals surface area contributed by atoms with Crippen molar-refractivity contribution in [1.29, 1.82) is 0 Å².